The van der Waals surface area contributed by atoms with Gasteiger partial charge in [0.15, 0.2) is 0 Å². The van der Waals surface area contributed by atoms with Gasteiger partial charge < -0.3 is 15.5 Å². The van der Waals surface area contributed by atoms with Gasteiger partial charge in [-0.05, 0) is 17.7 Å². The maximum Gasteiger partial charge on any atom is 0.491 e. The second-order valence-electron chi connectivity index (χ2n) is 5.06. The smallest absolute Gasteiger partial charge is 0.385 e. The number of ether oxygens (including phenoxy) is 1. The number of benzene rings is 1. The number of halogens is 6. The van der Waals surface area contributed by atoms with E-state index in [4.69, 9.17) is 5.73 Å². The van der Waals surface area contributed by atoms with E-state index >= 15 is 0 Å². The summed E-state index contributed by atoms with van der Waals surface area (Å²) in [7, 11) is 0. The molecule has 1 aromatic heterocycles. The van der Waals surface area contributed by atoms with E-state index in [2.05, 4.69) is 9.72 Å². The third-order valence-corrected chi connectivity index (χ3v) is 3.26. The number of hydrogen-bond donors (Lipinski definition) is 2. The van der Waals surface area contributed by atoms with Crippen molar-refractivity contribution in [2.75, 3.05) is 0 Å². The largest absolute Gasteiger partial charge is 0.491 e. The Hall–Kier alpha value is -2.56. The van der Waals surface area contributed by atoms with Crippen LogP contribution < -0.4 is 5.73 Å². The molecule has 0 aliphatic rings. The van der Waals surface area contributed by atoms with Crippen LogP contribution in [0.4, 0.5) is 26.3 Å². The fourth-order valence-corrected chi connectivity index (χ4v) is 2.20. The number of carbonyl (C=O) groups excluding carboxylic acids is 2. The van der Waals surface area contributed by atoms with Crippen molar-refractivity contribution >= 4 is 22.8 Å². The zero-order valence-electron chi connectivity index (χ0n) is 12.2. The molecular formula is C14H10F6N2O3. The Balaban J connectivity index is 2.26. The van der Waals surface area contributed by atoms with Gasteiger partial charge in [0.2, 0.25) is 0 Å². The van der Waals surface area contributed by atoms with E-state index in [0.29, 0.717) is 0 Å². The molecule has 11 heteroatoms. The summed E-state index contributed by atoms with van der Waals surface area (Å²) in [4.78, 5) is 24.6. The first-order valence-electron chi connectivity index (χ1n) is 6.66. The average Bonchev–Trinajstić information content (AvgIpc) is 2.88. The van der Waals surface area contributed by atoms with Crippen molar-refractivity contribution in [2.24, 2.45) is 5.73 Å². The number of nitrogens with one attached hydrogen (secondary N) is 1. The van der Waals surface area contributed by atoms with Crippen molar-refractivity contribution in [3.8, 4) is 0 Å². The number of carbonyl (C=O) groups is 2. The summed E-state index contributed by atoms with van der Waals surface area (Å²) in [5, 5.41) is -0.264. The van der Waals surface area contributed by atoms with Gasteiger partial charge in [-0.15, -0.1) is 0 Å². The molecule has 0 radical (unpaired) electrons. The van der Waals surface area contributed by atoms with Crippen molar-refractivity contribution < 1.29 is 40.7 Å². The molecule has 0 aliphatic carbocycles. The lowest BCUT2D eigenvalue weighted by Crippen LogP contribution is -2.38. The molecule has 0 fully saturated rings. The van der Waals surface area contributed by atoms with Gasteiger partial charge >= 0.3 is 24.3 Å². The number of rotatable bonds is 3. The molecule has 0 amide bonds. The lowest BCUT2D eigenvalue weighted by atomic mass is 10.0. The van der Waals surface area contributed by atoms with Crippen LogP contribution >= 0.6 is 0 Å². The lowest BCUT2D eigenvalue weighted by molar-refractivity contribution is -0.202. The van der Waals surface area contributed by atoms with Crippen LogP contribution in [-0.4, -0.2) is 29.1 Å². The molecule has 25 heavy (non-hydrogen) atoms. The molecular weight excluding hydrogens is 358 g/mol. The first kappa shape index (κ1) is 18.8. The van der Waals surface area contributed by atoms with Gasteiger partial charge in [0, 0.05) is 23.5 Å². The van der Waals surface area contributed by atoms with Crippen LogP contribution in [0.3, 0.4) is 0 Å². The molecule has 1 aromatic carbocycles. The van der Waals surface area contributed by atoms with Crippen LogP contribution in [-0.2, 0) is 26.9 Å². The highest BCUT2D eigenvalue weighted by molar-refractivity contribution is 5.92. The van der Waals surface area contributed by atoms with Gasteiger partial charge in [0.05, 0.1) is 5.56 Å². The van der Waals surface area contributed by atoms with E-state index in [0.717, 1.165) is 12.3 Å². The van der Waals surface area contributed by atoms with E-state index in [1.165, 1.54) is 12.1 Å². The molecule has 0 unspecified atom stereocenters. The monoisotopic (exact) mass is 368 g/mol. The second kappa shape index (κ2) is 6.39. The number of nitrogens with two attached hydrogens (primary N) is 1. The van der Waals surface area contributed by atoms with Crippen LogP contribution in [0.25, 0.3) is 10.9 Å². The van der Waals surface area contributed by atoms with Crippen molar-refractivity contribution in [1.29, 1.82) is 0 Å². The van der Waals surface area contributed by atoms with E-state index < -0.39 is 42.3 Å². The first-order valence-corrected chi connectivity index (χ1v) is 6.66. The molecule has 1 atom stereocenters. The Morgan fingerprint density at radius 2 is 1.80 bits per heavy atom. The maximum atomic E-state index is 13.1. The van der Waals surface area contributed by atoms with Crippen molar-refractivity contribution in [1.82, 2.24) is 4.98 Å². The predicted octanol–water partition coefficient (Wildman–Crippen LogP) is 2.69. The number of alkyl halides is 6. The summed E-state index contributed by atoms with van der Waals surface area (Å²) in [6.45, 7) is 0. The summed E-state index contributed by atoms with van der Waals surface area (Å²) < 4.78 is 78.9. The van der Waals surface area contributed by atoms with Crippen LogP contribution in [0.1, 0.15) is 11.1 Å². The average molecular weight is 368 g/mol. The Labute approximate surface area is 135 Å². The van der Waals surface area contributed by atoms with Gasteiger partial charge in [-0.25, -0.2) is 9.59 Å². The van der Waals surface area contributed by atoms with Gasteiger partial charge in [-0.2, -0.15) is 26.3 Å². The minimum atomic E-state index is -5.39. The fourth-order valence-electron chi connectivity index (χ4n) is 2.20. The standard InChI is InChI=1S/C14H10F6N2O3/c15-13(16,17)7-2-1-3-9-10(7)6(5-22-9)4-8(21)11(23)25-12(24)14(18,19)20/h1-3,5,8,22H,4,21H2/t8-/m0/s1. The molecule has 0 saturated heterocycles. The minimum Gasteiger partial charge on any atom is -0.385 e. The van der Waals surface area contributed by atoms with Crippen LogP contribution in [0.15, 0.2) is 24.4 Å². The normalized spacial score (nSPS) is 13.7. The van der Waals surface area contributed by atoms with Gasteiger partial charge in [0.25, 0.3) is 0 Å². The van der Waals surface area contributed by atoms with Crippen molar-refractivity contribution in [3.05, 3.63) is 35.5 Å². The summed E-state index contributed by atoms with van der Waals surface area (Å²) in [5.41, 5.74) is 4.43. The molecule has 2 aromatic rings. The van der Waals surface area contributed by atoms with E-state index in [-0.39, 0.29) is 16.5 Å². The molecule has 3 N–H and O–H groups in total. The number of aromatic nitrogens is 1. The highest BCUT2D eigenvalue weighted by Gasteiger charge is 2.43. The Bertz CT molecular complexity index is 809. The number of hydrogen-bond acceptors (Lipinski definition) is 4. The zero-order valence-corrected chi connectivity index (χ0v) is 12.2. The third-order valence-electron chi connectivity index (χ3n) is 3.26. The number of fused-ring (bicyclic) bond motifs is 1. The summed E-state index contributed by atoms with van der Waals surface area (Å²) in [5.74, 6) is -4.44. The van der Waals surface area contributed by atoms with Gasteiger partial charge in [0.1, 0.15) is 6.04 Å². The van der Waals surface area contributed by atoms with Gasteiger partial charge in [-0.3, -0.25) is 0 Å². The number of esters is 2. The Morgan fingerprint density at radius 1 is 1.16 bits per heavy atom. The Morgan fingerprint density at radius 3 is 2.36 bits per heavy atom. The van der Waals surface area contributed by atoms with Crippen molar-refractivity contribution in [3.63, 3.8) is 0 Å². The van der Waals surface area contributed by atoms with E-state index in [1.807, 2.05) is 0 Å². The van der Waals surface area contributed by atoms with Crippen molar-refractivity contribution in [2.45, 2.75) is 24.8 Å². The molecule has 0 bridgehead atoms. The van der Waals surface area contributed by atoms with E-state index in [1.54, 1.807) is 0 Å². The first-order chi connectivity index (χ1) is 11.4. The summed E-state index contributed by atoms with van der Waals surface area (Å²) in [6, 6.07) is 1.58. The highest BCUT2D eigenvalue weighted by atomic mass is 19.4. The highest BCUT2D eigenvalue weighted by Crippen LogP contribution is 2.36. The number of H-pyrrole nitrogens is 1. The zero-order chi connectivity index (χ0) is 19.0. The van der Waals surface area contributed by atoms with Crippen LogP contribution in [0, 0.1) is 0 Å². The SMILES string of the molecule is N[C@@H](Cc1c[nH]c2cccc(C(F)(F)F)c12)C(=O)OC(=O)C(F)(F)F. The minimum absolute atomic E-state index is 0.0492. The van der Waals surface area contributed by atoms with Crippen LogP contribution in [0.2, 0.25) is 0 Å². The van der Waals surface area contributed by atoms with Crippen LogP contribution in [0.5, 0.6) is 0 Å². The van der Waals surface area contributed by atoms with E-state index in [9.17, 15) is 35.9 Å². The topological polar surface area (TPSA) is 85.2 Å². The fraction of sp³-hybridized carbons (Fsp3) is 0.286. The summed E-state index contributed by atoms with van der Waals surface area (Å²) in [6.07, 6.45) is -9.48. The maximum absolute atomic E-state index is 13.1. The predicted molar refractivity (Wildman–Crippen MR) is 72.1 cm³/mol. The summed E-state index contributed by atoms with van der Waals surface area (Å²) >= 11 is 0. The molecule has 2 rings (SSSR count). The molecule has 1 heterocycles. The molecule has 0 spiro atoms. The molecule has 0 saturated carbocycles. The Kier molecular flexibility index (Phi) is 4.80. The lowest BCUT2D eigenvalue weighted by Gasteiger charge is -2.13. The molecule has 0 aliphatic heterocycles. The quantitative estimate of drug-likeness (QED) is 0.496. The second-order valence-corrected chi connectivity index (χ2v) is 5.06. The third kappa shape index (κ3) is 4.10. The molecule has 5 nitrogen and oxygen atoms in total. The molecule has 136 valence electrons. The van der Waals surface area contributed by atoms with Gasteiger partial charge in [-0.1, -0.05) is 6.07 Å². The number of aromatic amines is 1.